The lowest BCUT2D eigenvalue weighted by molar-refractivity contribution is -0.140. The van der Waals surface area contributed by atoms with Crippen LogP contribution >= 0.6 is 11.6 Å². The number of methoxy groups -OCH3 is 1. The van der Waals surface area contributed by atoms with Crippen LogP contribution in [0.15, 0.2) is 72.8 Å². The summed E-state index contributed by atoms with van der Waals surface area (Å²) in [5, 5.41) is 3.46. The first-order chi connectivity index (χ1) is 19.2. The molecule has 0 aliphatic carbocycles. The predicted molar refractivity (Wildman–Crippen MR) is 164 cm³/mol. The third-order valence-corrected chi connectivity index (χ3v) is 7.72. The van der Waals surface area contributed by atoms with E-state index >= 15 is 0 Å². The lowest BCUT2D eigenvalue weighted by atomic mass is 10.0. The highest BCUT2D eigenvalue weighted by molar-refractivity contribution is 7.92. The first-order valence-electron chi connectivity index (χ1n) is 13.2. The van der Waals surface area contributed by atoms with Crippen LogP contribution in [0.1, 0.15) is 37.5 Å². The molecule has 0 spiro atoms. The lowest BCUT2D eigenvalue weighted by Crippen LogP contribution is -2.56. The molecule has 0 fully saturated rings. The highest BCUT2D eigenvalue weighted by Gasteiger charge is 2.34. The zero-order valence-corrected chi connectivity index (χ0v) is 25.9. The normalized spacial score (nSPS) is 12.4. The van der Waals surface area contributed by atoms with Crippen molar-refractivity contribution in [2.75, 3.05) is 24.2 Å². The minimum absolute atomic E-state index is 0.0578. The number of halogens is 1. The second-order valence-corrected chi connectivity index (χ2v) is 13.4. The van der Waals surface area contributed by atoms with Crippen molar-refractivity contribution in [1.29, 1.82) is 0 Å². The molecule has 0 aromatic heterocycles. The molecule has 3 aromatic rings. The van der Waals surface area contributed by atoms with Crippen LogP contribution in [0.3, 0.4) is 0 Å². The van der Waals surface area contributed by atoms with Gasteiger partial charge in [-0.3, -0.25) is 13.9 Å². The molecule has 0 heterocycles. The summed E-state index contributed by atoms with van der Waals surface area (Å²) in [6.07, 6.45) is 1.28. The molecule has 1 atom stereocenters. The van der Waals surface area contributed by atoms with Gasteiger partial charge in [0.05, 0.1) is 19.1 Å². The van der Waals surface area contributed by atoms with Crippen LogP contribution in [0.5, 0.6) is 5.75 Å². The number of nitrogens with zero attached hydrogens (tertiary/aromatic N) is 2. The Labute approximate surface area is 248 Å². The van der Waals surface area contributed by atoms with Gasteiger partial charge < -0.3 is 15.0 Å². The second kappa shape index (κ2) is 13.4. The van der Waals surface area contributed by atoms with E-state index in [0.29, 0.717) is 22.0 Å². The maximum atomic E-state index is 14.2. The third kappa shape index (κ3) is 9.23. The summed E-state index contributed by atoms with van der Waals surface area (Å²) >= 11 is 6.12. The summed E-state index contributed by atoms with van der Waals surface area (Å²) in [6, 6.07) is 20.5. The van der Waals surface area contributed by atoms with Crippen LogP contribution < -0.4 is 14.4 Å². The molecule has 3 rings (SSSR count). The molecule has 0 bridgehead atoms. The molecule has 1 N–H and O–H groups in total. The van der Waals surface area contributed by atoms with E-state index in [1.165, 1.54) is 4.90 Å². The molecule has 0 unspecified atom stereocenters. The number of benzene rings is 3. The van der Waals surface area contributed by atoms with Crippen LogP contribution in [0.4, 0.5) is 5.69 Å². The average Bonchev–Trinajstić information content (AvgIpc) is 2.88. The number of carbonyl (C=O) groups is 2. The number of rotatable bonds is 11. The van der Waals surface area contributed by atoms with Gasteiger partial charge in [-0.2, -0.15) is 0 Å². The number of sulfonamides is 1. The third-order valence-electron chi connectivity index (χ3n) is 6.36. The van der Waals surface area contributed by atoms with E-state index in [2.05, 4.69) is 5.32 Å². The van der Waals surface area contributed by atoms with Gasteiger partial charge in [-0.15, -0.1) is 0 Å². The number of ether oxygens (including phenoxy) is 1. The average molecular weight is 600 g/mol. The number of amides is 2. The van der Waals surface area contributed by atoms with Crippen LogP contribution in [0, 0.1) is 6.92 Å². The Bertz CT molecular complexity index is 1470. The Morgan fingerprint density at radius 2 is 1.63 bits per heavy atom. The number of carbonyl (C=O) groups excluding carboxylic acids is 2. The largest absolute Gasteiger partial charge is 0.497 e. The molecule has 3 aromatic carbocycles. The number of anilines is 1. The predicted octanol–water partition coefficient (Wildman–Crippen LogP) is 4.98. The summed E-state index contributed by atoms with van der Waals surface area (Å²) in [4.78, 5) is 29.4. The topological polar surface area (TPSA) is 96.0 Å². The summed E-state index contributed by atoms with van der Waals surface area (Å²) in [7, 11) is -2.33. The second-order valence-electron chi connectivity index (χ2n) is 11.0. The van der Waals surface area contributed by atoms with Crippen LogP contribution in [-0.2, 0) is 32.6 Å². The highest BCUT2D eigenvalue weighted by Crippen LogP contribution is 2.27. The van der Waals surface area contributed by atoms with E-state index in [1.807, 2.05) is 57.2 Å². The minimum atomic E-state index is -3.88. The van der Waals surface area contributed by atoms with Gasteiger partial charge in [-0.25, -0.2) is 8.42 Å². The Morgan fingerprint density at radius 3 is 2.22 bits per heavy atom. The van der Waals surface area contributed by atoms with Crippen LogP contribution in [0.2, 0.25) is 5.02 Å². The van der Waals surface area contributed by atoms with E-state index in [9.17, 15) is 18.0 Å². The molecule has 10 heteroatoms. The zero-order chi connectivity index (χ0) is 30.4. The molecule has 8 nitrogen and oxygen atoms in total. The molecule has 0 saturated heterocycles. The molecule has 41 heavy (non-hydrogen) atoms. The smallest absolute Gasteiger partial charge is 0.244 e. The standard InChI is InChI=1S/C31H38ClN3O5S/c1-22-17-25(32)15-16-27(22)35(41(6,38)39)21-29(36)34(20-24-13-10-14-26(18-24)40-5)28(30(37)33-31(2,3)4)19-23-11-8-7-9-12-23/h7-18,28H,19-21H2,1-6H3,(H,33,37)/t28-/m0/s1. The molecule has 0 aliphatic rings. The van der Waals surface area contributed by atoms with Crippen molar-refractivity contribution in [2.24, 2.45) is 0 Å². The molecule has 0 radical (unpaired) electrons. The number of nitrogens with one attached hydrogen (secondary N) is 1. The fraction of sp³-hybridized carbons (Fsp3) is 0.355. The van der Waals surface area contributed by atoms with E-state index in [4.69, 9.17) is 16.3 Å². The molecule has 0 saturated carbocycles. The Balaban J connectivity index is 2.11. The van der Waals surface area contributed by atoms with E-state index in [0.717, 1.165) is 21.7 Å². The van der Waals surface area contributed by atoms with Crippen molar-refractivity contribution >= 4 is 39.1 Å². The lowest BCUT2D eigenvalue weighted by Gasteiger charge is -2.35. The van der Waals surface area contributed by atoms with E-state index in [-0.39, 0.29) is 18.9 Å². The van der Waals surface area contributed by atoms with Crippen molar-refractivity contribution in [3.8, 4) is 5.75 Å². The van der Waals surface area contributed by atoms with Gasteiger partial charge in [0.1, 0.15) is 18.3 Å². The summed E-state index contributed by atoms with van der Waals surface area (Å²) in [5.74, 6) is -0.271. The Kier molecular flexibility index (Phi) is 10.4. The maximum absolute atomic E-state index is 14.2. The molecule has 0 aliphatic heterocycles. The van der Waals surface area contributed by atoms with Crippen molar-refractivity contribution < 1.29 is 22.7 Å². The molecule has 220 valence electrons. The summed E-state index contributed by atoms with van der Waals surface area (Å²) < 4.78 is 32.4. The fourth-order valence-electron chi connectivity index (χ4n) is 4.47. The van der Waals surface area contributed by atoms with Gasteiger partial charge in [-0.1, -0.05) is 54.1 Å². The van der Waals surface area contributed by atoms with E-state index in [1.54, 1.807) is 50.4 Å². The maximum Gasteiger partial charge on any atom is 0.244 e. The van der Waals surface area contributed by atoms with Crippen molar-refractivity contribution in [1.82, 2.24) is 10.2 Å². The van der Waals surface area contributed by atoms with Gasteiger partial charge in [0.15, 0.2) is 0 Å². The number of hydrogen-bond acceptors (Lipinski definition) is 5. The fourth-order valence-corrected chi connectivity index (χ4v) is 5.60. The van der Waals surface area contributed by atoms with Gasteiger partial charge in [0.25, 0.3) is 0 Å². The van der Waals surface area contributed by atoms with Crippen molar-refractivity contribution in [3.05, 3.63) is 94.5 Å². The van der Waals surface area contributed by atoms with Crippen molar-refractivity contribution in [3.63, 3.8) is 0 Å². The van der Waals surface area contributed by atoms with Gasteiger partial charge in [0.2, 0.25) is 21.8 Å². The Hall–Kier alpha value is -3.56. The van der Waals surface area contributed by atoms with Crippen LogP contribution in [-0.4, -0.2) is 56.6 Å². The highest BCUT2D eigenvalue weighted by atomic mass is 35.5. The first kappa shape index (κ1) is 32.0. The van der Waals surface area contributed by atoms with Crippen molar-refractivity contribution in [2.45, 2.75) is 52.2 Å². The number of hydrogen-bond donors (Lipinski definition) is 1. The number of aryl methyl sites for hydroxylation is 1. The molecule has 2 amide bonds. The Morgan fingerprint density at radius 1 is 0.976 bits per heavy atom. The SMILES string of the molecule is COc1cccc(CN(C(=O)CN(c2ccc(Cl)cc2C)S(C)(=O)=O)[C@@H](Cc2ccccc2)C(=O)NC(C)(C)C)c1. The van der Waals surface area contributed by atoms with Gasteiger partial charge in [-0.05, 0) is 74.7 Å². The van der Waals surface area contributed by atoms with E-state index < -0.39 is 34.1 Å². The monoisotopic (exact) mass is 599 g/mol. The first-order valence-corrected chi connectivity index (χ1v) is 15.4. The van der Waals surface area contributed by atoms with Gasteiger partial charge >= 0.3 is 0 Å². The zero-order valence-electron chi connectivity index (χ0n) is 24.3. The molecular weight excluding hydrogens is 562 g/mol. The van der Waals surface area contributed by atoms with Gasteiger partial charge in [0, 0.05) is 23.5 Å². The van der Waals surface area contributed by atoms with Crippen LogP contribution in [0.25, 0.3) is 0 Å². The summed E-state index contributed by atoms with van der Waals surface area (Å²) in [5.41, 5.74) is 1.97. The summed E-state index contributed by atoms with van der Waals surface area (Å²) in [6.45, 7) is 6.89. The minimum Gasteiger partial charge on any atom is -0.497 e. The quantitative estimate of drug-likeness (QED) is 0.335. The molecular formula is C31H38ClN3O5S.